The first-order valence-corrected chi connectivity index (χ1v) is 5.38. The molecule has 3 heteroatoms. The van der Waals surface area contributed by atoms with Gasteiger partial charge in [-0.05, 0) is 31.2 Å². The molecule has 84 valence electrons. The SMILES string of the molecule is CCN(CCN)C(C)c1ccc(F)cc1. The van der Waals surface area contributed by atoms with E-state index >= 15 is 0 Å². The van der Waals surface area contributed by atoms with E-state index in [2.05, 4.69) is 18.7 Å². The highest BCUT2D eigenvalue weighted by atomic mass is 19.1. The molecule has 0 spiro atoms. The standard InChI is InChI=1S/C12H19FN2/c1-3-15(9-8-14)10(2)11-4-6-12(13)7-5-11/h4-7,10H,3,8-9,14H2,1-2H3. The molecule has 0 saturated heterocycles. The average molecular weight is 210 g/mol. The van der Waals surface area contributed by atoms with Gasteiger partial charge in [0.05, 0.1) is 0 Å². The topological polar surface area (TPSA) is 29.3 Å². The van der Waals surface area contributed by atoms with Crippen molar-refractivity contribution in [1.29, 1.82) is 0 Å². The van der Waals surface area contributed by atoms with Crippen LogP contribution in [0.2, 0.25) is 0 Å². The number of halogens is 1. The van der Waals surface area contributed by atoms with Gasteiger partial charge in [-0.1, -0.05) is 19.1 Å². The van der Waals surface area contributed by atoms with Crippen molar-refractivity contribution in [3.05, 3.63) is 35.6 Å². The van der Waals surface area contributed by atoms with Crippen LogP contribution in [-0.4, -0.2) is 24.5 Å². The fourth-order valence-electron chi connectivity index (χ4n) is 1.74. The summed E-state index contributed by atoms with van der Waals surface area (Å²) in [7, 11) is 0. The second-order valence-electron chi connectivity index (χ2n) is 3.64. The summed E-state index contributed by atoms with van der Waals surface area (Å²) in [5, 5.41) is 0. The van der Waals surface area contributed by atoms with E-state index in [4.69, 9.17) is 5.73 Å². The Balaban J connectivity index is 2.73. The molecule has 15 heavy (non-hydrogen) atoms. The van der Waals surface area contributed by atoms with Crippen LogP contribution in [0, 0.1) is 5.82 Å². The highest BCUT2D eigenvalue weighted by molar-refractivity contribution is 5.19. The molecule has 2 nitrogen and oxygen atoms in total. The Kier molecular flexibility index (Phi) is 4.72. The van der Waals surface area contributed by atoms with Crippen molar-refractivity contribution in [3.63, 3.8) is 0 Å². The maximum Gasteiger partial charge on any atom is 0.123 e. The van der Waals surface area contributed by atoms with E-state index < -0.39 is 0 Å². The first kappa shape index (κ1) is 12.1. The maximum absolute atomic E-state index is 12.7. The first-order chi connectivity index (χ1) is 7.19. The van der Waals surface area contributed by atoms with Gasteiger partial charge in [-0.15, -0.1) is 0 Å². The number of hydrogen-bond donors (Lipinski definition) is 1. The third-order valence-electron chi connectivity index (χ3n) is 2.72. The van der Waals surface area contributed by atoms with Crippen LogP contribution in [0.4, 0.5) is 4.39 Å². The fourth-order valence-corrected chi connectivity index (χ4v) is 1.74. The molecule has 0 saturated carbocycles. The Morgan fingerprint density at radius 2 is 1.93 bits per heavy atom. The van der Waals surface area contributed by atoms with Crippen molar-refractivity contribution in [1.82, 2.24) is 4.90 Å². The predicted octanol–water partition coefficient (Wildman–Crippen LogP) is 2.17. The van der Waals surface area contributed by atoms with Crippen molar-refractivity contribution >= 4 is 0 Å². The van der Waals surface area contributed by atoms with Crippen LogP contribution in [0.25, 0.3) is 0 Å². The lowest BCUT2D eigenvalue weighted by Gasteiger charge is -2.27. The summed E-state index contributed by atoms with van der Waals surface area (Å²) in [6.45, 7) is 6.70. The Morgan fingerprint density at radius 3 is 2.40 bits per heavy atom. The molecule has 0 aliphatic carbocycles. The Morgan fingerprint density at radius 1 is 1.33 bits per heavy atom. The second kappa shape index (κ2) is 5.83. The number of rotatable bonds is 5. The molecular formula is C12H19FN2. The van der Waals surface area contributed by atoms with Gasteiger partial charge in [-0.3, -0.25) is 4.90 Å². The van der Waals surface area contributed by atoms with Crippen LogP contribution >= 0.6 is 0 Å². The van der Waals surface area contributed by atoms with Gasteiger partial charge in [0.15, 0.2) is 0 Å². The molecule has 0 aliphatic rings. The average Bonchev–Trinajstić information content (AvgIpc) is 2.26. The van der Waals surface area contributed by atoms with Crippen LogP contribution < -0.4 is 5.73 Å². The zero-order valence-corrected chi connectivity index (χ0v) is 9.41. The van der Waals surface area contributed by atoms with E-state index in [1.165, 1.54) is 12.1 Å². The van der Waals surface area contributed by atoms with Crippen LogP contribution in [-0.2, 0) is 0 Å². The summed E-state index contributed by atoms with van der Waals surface area (Å²) < 4.78 is 12.7. The summed E-state index contributed by atoms with van der Waals surface area (Å²) in [5.74, 6) is -0.187. The first-order valence-electron chi connectivity index (χ1n) is 5.38. The molecule has 0 radical (unpaired) electrons. The molecule has 0 aromatic heterocycles. The molecule has 0 heterocycles. The van der Waals surface area contributed by atoms with E-state index in [0.717, 1.165) is 18.7 Å². The minimum Gasteiger partial charge on any atom is -0.329 e. The van der Waals surface area contributed by atoms with Crippen LogP contribution in [0.15, 0.2) is 24.3 Å². The third kappa shape index (κ3) is 3.29. The van der Waals surface area contributed by atoms with Gasteiger partial charge in [0, 0.05) is 19.1 Å². The van der Waals surface area contributed by atoms with Crippen molar-refractivity contribution in [2.45, 2.75) is 19.9 Å². The monoisotopic (exact) mass is 210 g/mol. The van der Waals surface area contributed by atoms with Gasteiger partial charge >= 0.3 is 0 Å². The predicted molar refractivity (Wildman–Crippen MR) is 61.1 cm³/mol. The summed E-state index contributed by atoms with van der Waals surface area (Å²) >= 11 is 0. The molecule has 1 aromatic carbocycles. The molecular weight excluding hydrogens is 191 g/mol. The van der Waals surface area contributed by atoms with Gasteiger partial charge in [-0.25, -0.2) is 4.39 Å². The van der Waals surface area contributed by atoms with E-state index in [9.17, 15) is 4.39 Å². The number of nitrogens with two attached hydrogens (primary N) is 1. The molecule has 1 unspecified atom stereocenters. The molecule has 0 bridgehead atoms. The lowest BCUT2D eigenvalue weighted by molar-refractivity contribution is 0.228. The number of likely N-dealkylation sites (N-methyl/N-ethyl adjacent to an activating group) is 1. The second-order valence-corrected chi connectivity index (χ2v) is 3.64. The zero-order chi connectivity index (χ0) is 11.3. The van der Waals surface area contributed by atoms with Crippen molar-refractivity contribution in [2.24, 2.45) is 5.73 Å². The minimum absolute atomic E-state index is 0.187. The highest BCUT2D eigenvalue weighted by Crippen LogP contribution is 2.19. The Bertz CT molecular complexity index is 284. The largest absolute Gasteiger partial charge is 0.329 e. The van der Waals surface area contributed by atoms with E-state index in [1.807, 2.05) is 12.1 Å². The normalized spacial score (nSPS) is 13.1. The molecule has 1 rings (SSSR count). The fraction of sp³-hybridized carbons (Fsp3) is 0.500. The lowest BCUT2D eigenvalue weighted by Crippen LogP contribution is -2.31. The molecule has 0 amide bonds. The summed E-state index contributed by atoms with van der Waals surface area (Å²) in [6.07, 6.45) is 0. The van der Waals surface area contributed by atoms with Gasteiger partial charge in [-0.2, -0.15) is 0 Å². The summed E-state index contributed by atoms with van der Waals surface area (Å²) in [5.41, 5.74) is 6.67. The molecule has 1 aromatic rings. The van der Waals surface area contributed by atoms with E-state index in [0.29, 0.717) is 12.6 Å². The van der Waals surface area contributed by atoms with Crippen LogP contribution in [0.3, 0.4) is 0 Å². The van der Waals surface area contributed by atoms with Crippen molar-refractivity contribution in [3.8, 4) is 0 Å². The highest BCUT2D eigenvalue weighted by Gasteiger charge is 2.12. The van der Waals surface area contributed by atoms with Gasteiger partial charge < -0.3 is 5.73 Å². The third-order valence-corrected chi connectivity index (χ3v) is 2.72. The number of nitrogens with zero attached hydrogens (tertiary/aromatic N) is 1. The molecule has 0 aliphatic heterocycles. The van der Waals surface area contributed by atoms with Crippen molar-refractivity contribution in [2.75, 3.05) is 19.6 Å². The van der Waals surface area contributed by atoms with Crippen LogP contribution in [0.1, 0.15) is 25.5 Å². The number of benzene rings is 1. The quantitative estimate of drug-likeness (QED) is 0.807. The van der Waals surface area contributed by atoms with E-state index in [1.54, 1.807) is 0 Å². The van der Waals surface area contributed by atoms with E-state index in [-0.39, 0.29) is 5.82 Å². The maximum atomic E-state index is 12.7. The molecule has 1 atom stereocenters. The minimum atomic E-state index is -0.187. The van der Waals surface area contributed by atoms with Gasteiger partial charge in [0.25, 0.3) is 0 Å². The Labute approximate surface area is 90.9 Å². The molecule has 0 fully saturated rings. The van der Waals surface area contributed by atoms with Crippen molar-refractivity contribution < 1.29 is 4.39 Å². The molecule has 2 N–H and O–H groups in total. The van der Waals surface area contributed by atoms with Gasteiger partial charge in [0.1, 0.15) is 5.82 Å². The Hall–Kier alpha value is -0.930. The summed E-state index contributed by atoms with van der Waals surface area (Å²) in [4.78, 5) is 2.27. The van der Waals surface area contributed by atoms with Gasteiger partial charge in [0.2, 0.25) is 0 Å². The van der Waals surface area contributed by atoms with Crippen LogP contribution in [0.5, 0.6) is 0 Å². The smallest absolute Gasteiger partial charge is 0.123 e. The zero-order valence-electron chi connectivity index (χ0n) is 9.41. The summed E-state index contributed by atoms with van der Waals surface area (Å²) in [6, 6.07) is 6.96. The number of hydrogen-bond acceptors (Lipinski definition) is 2. The lowest BCUT2D eigenvalue weighted by atomic mass is 10.1.